The highest BCUT2D eigenvalue weighted by molar-refractivity contribution is 5.71. The summed E-state index contributed by atoms with van der Waals surface area (Å²) in [7, 11) is 1.26. The number of aliphatic hydroxyl groups excluding tert-OH is 1. The average molecular weight is 287 g/mol. The maximum atomic E-state index is 13.6. The summed E-state index contributed by atoms with van der Waals surface area (Å²) in [4.78, 5) is 12.9. The molecule has 1 aromatic rings. The first-order chi connectivity index (χ1) is 9.36. The van der Waals surface area contributed by atoms with Crippen LogP contribution >= 0.6 is 0 Å². The van der Waals surface area contributed by atoms with E-state index < -0.39 is 23.7 Å². The molecule has 0 saturated heterocycles. The lowest BCUT2D eigenvalue weighted by Gasteiger charge is -2.27. The molecule has 0 amide bonds. The fourth-order valence-electron chi connectivity index (χ4n) is 1.83. The van der Waals surface area contributed by atoms with Crippen LogP contribution < -0.4 is 0 Å². The van der Waals surface area contributed by atoms with Crippen molar-refractivity contribution in [3.63, 3.8) is 0 Å². The summed E-state index contributed by atoms with van der Waals surface area (Å²) in [6.45, 7) is 3.51. The van der Waals surface area contributed by atoms with Crippen LogP contribution in [-0.2, 0) is 9.53 Å². The van der Waals surface area contributed by atoms with Crippen LogP contribution in [0.15, 0.2) is 18.2 Å². The van der Waals surface area contributed by atoms with E-state index >= 15 is 0 Å². The Bertz CT molecular complexity index is 445. The predicted molar refractivity (Wildman–Crippen MR) is 70.0 cm³/mol. The van der Waals surface area contributed by atoms with E-state index in [1.807, 2.05) is 13.8 Å². The van der Waals surface area contributed by atoms with Crippen molar-refractivity contribution < 1.29 is 23.4 Å². The zero-order valence-corrected chi connectivity index (χ0v) is 11.8. The maximum absolute atomic E-state index is 13.6. The van der Waals surface area contributed by atoms with Gasteiger partial charge < -0.3 is 9.84 Å². The number of esters is 1. The number of nitrogens with zero attached hydrogens (tertiary/aromatic N) is 1. The van der Waals surface area contributed by atoms with Gasteiger partial charge in [-0.25, -0.2) is 8.78 Å². The van der Waals surface area contributed by atoms with Crippen LogP contribution in [0, 0.1) is 11.6 Å². The van der Waals surface area contributed by atoms with Gasteiger partial charge in [-0.2, -0.15) is 0 Å². The topological polar surface area (TPSA) is 49.8 Å². The van der Waals surface area contributed by atoms with E-state index in [0.717, 1.165) is 12.1 Å². The largest absolute Gasteiger partial charge is 0.468 e. The van der Waals surface area contributed by atoms with Crippen molar-refractivity contribution in [3.8, 4) is 0 Å². The highest BCUT2D eigenvalue weighted by Crippen LogP contribution is 2.22. The molecule has 0 aromatic heterocycles. The molecular weight excluding hydrogens is 268 g/mol. The second kappa shape index (κ2) is 7.31. The van der Waals surface area contributed by atoms with Gasteiger partial charge in [0.25, 0.3) is 0 Å². The predicted octanol–water partition coefficient (Wildman–Crippen LogP) is 1.88. The smallest absolute Gasteiger partial charge is 0.319 e. The summed E-state index contributed by atoms with van der Waals surface area (Å²) in [5.41, 5.74) is -0.386. The molecule has 0 heterocycles. The molecule has 0 radical (unpaired) electrons. The Labute approximate surface area is 117 Å². The van der Waals surface area contributed by atoms with Crippen molar-refractivity contribution in [2.24, 2.45) is 0 Å². The normalized spacial score (nSPS) is 12.8. The van der Waals surface area contributed by atoms with Crippen molar-refractivity contribution in [3.05, 3.63) is 35.4 Å². The molecule has 0 spiro atoms. The molecule has 6 heteroatoms. The highest BCUT2D eigenvalue weighted by atomic mass is 19.1. The van der Waals surface area contributed by atoms with Gasteiger partial charge in [0.05, 0.1) is 25.3 Å². The van der Waals surface area contributed by atoms with Gasteiger partial charge in [-0.1, -0.05) is 6.07 Å². The SMILES string of the molecule is COC(=O)CN(CC(O)c1c(F)cccc1F)C(C)C. The summed E-state index contributed by atoms with van der Waals surface area (Å²) in [6, 6.07) is 3.32. The quantitative estimate of drug-likeness (QED) is 0.812. The molecule has 1 rings (SSSR count). The molecule has 0 aliphatic carbocycles. The van der Waals surface area contributed by atoms with E-state index in [0.29, 0.717) is 0 Å². The first-order valence-electron chi connectivity index (χ1n) is 6.29. The van der Waals surface area contributed by atoms with Crippen molar-refractivity contribution in [1.29, 1.82) is 0 Å². The molecule has 0 fully saturated rings. The van der Waals surface area contributed by atoms with Crippen LogP contribution in [0.1, 0.15) is 25.5 Å². The van der Waals surface area contributed by atoms with Crippen LogP contribution in [0.4, 0.5) is 8.78 Å². The first-order valence-corrected chi connectivity index (χ1v) is 6.29. The van der Waals surface area contributed by atoms with Crippen molar-refractivity contribution >= 4 is 5.97 Å². The number of rotatable bonds is 6. The summed E-state index contributed by atoms with van der Waals surface area (Å²) in [5, 5.41) is 10.0. The Hall–Kier alpha value is -1.53. The van der Waals surface area contributed by atoms with Gasteiger partial charge in [0.1, 0.15) is 11.6 Å². The average Bonchev–Trinajstić information content (AvgIpc) is 2.37. The monoisotopic (exact) mass is 287 g/mol. The van der Waals surface area contributed by atoms with Gasteiger partial charge in [-0.15, -0.1) is 0 Å². The number of hydrogen-bond donors (Lipinski definition) is 1. The lowest BCUT2D eigenvalue weighted by atomic mass is 10.1. The Morgan fingerprint density at radius 1 is 1.35 bits per heavy atom. The van der Waals surface area contributed by atoms with E-state index in [-0.39, 0.29) is 24.7 Å². The van der Waals surface area contributed by atoms with Gasteiger partial charge in [0.2, 0.25) is 0 Å². The summed E-state index contributed by atoms with van der Waals surface area (Å²) in [5.74, 6) is -2.08. The van der Waals surface area contributed by atoms with Crippen molar-refractivity contribution in [2.45, 2.75) is 26.0 Å². The Balaban J connectivity index is 2.85. The molecule has 0 aliphatic heterocycles. The van der Waals surface area contributed by atoms with Crippen molar-refractivity contribution in [2.75, 3.05) is 20.2 Å². The standard InChI is InChI=1S/C14H19F2NO3/c1-9(2)17(8-13(19)20-3)7-12(18)14-10(15)5-4-6-11(14)16/h4-6,9,12,18H,7-8H2,1-3H3. The van der Waals surface area contributed by atoms with E-state index in [9.17, 15) is 18.7 Å². The maximum Gasteiger partial charge on any atom is 0.319 e. The van der Waals surface area contributed by atoms with Gasteiger partial charge >= 0.3 is 5.97 Å². The second-order valence-corrected chi connectivity index (χ2v) is 4.75. The fraction of sp³-hybridized carbons (Fsp3) is 0.500. The first kappa shape index (κ1) is 16.5. The number of carbonyl (C=O) groups excluding carboxylic acids is 1. The number of hydrogen-bond acceptors (Lipinski definition) is 4. The molecule has 20 heavy (non-hydrogen) atoms. The summed E-state index contributed by atoms with van der Waals surface area (Å²) in [6.07, 6.45) is -1.36. The molecule has 1 aromatic carbocycles. The van der Waals surface area contributed by atoms with Gasteiger partial charge in [-0.05, 0) is 26.0 Å². The van der Waals surface area contributed by atoms with Gasteiger partial charge in [0, 0.05) is 12.6 Å². The molecule has 0 bridgehead atoms. The number of ether oxygens (including phenoxy) is 1. The minimum atomic E-state index is -1.36. The Morgan fingerprint density at radius 2 is 1.90 bits per heavy atom. The van der Waals surface area contributed by atoms with Gasteiger partial charge in [0.15, 0.2) is 0 Å². The van der Waals surface area contributed by atoms with E-state index in [1.165, 1.54) is 13.2 Å². The van der Waals surface area contributed by atoms with Crippen LogP contribution in [0.5, 0.6) is 0 Å². The number of benzene rings is 1. The zero-order chi connectivity index (χ0) is 15.3. The molecule has 1 unspecified atom stereocenters. The number of aliphatic hydroxyl groups is 1. The molecule has 0 aliphatic rings. The van der Waals surface area contributed by atoms with Crippen molar-refractivity contribution in [1.82, 2.24) is 4.90 Å². The minimum Gasteiger partial charge on any atom is -0.468 e. The van der Waals surface area contributed by atoms with E-state index in [4.69, 9.17) is 0 Å². The third-order valence-electron chi connectivity index (χ3n) is 3.03. The number of carbonyl (C=O) groups is 1. The third kappa shape index (κ3) is 4.25. The number of halogens is 2. The van der Waals surface area contributed by atoms with Crippen LogP contribution in [0.2, 0.25) is 0 Å². The molecule has 1 N–H and O–H groups in total. The Kier molecular flexibility index (Phi) is 6.04. The third-order valence-corrected chi connectivity index (χ3v) is 3.03. The fourth-order valence-corrected chi connectivity index (χ4v) is 1.83. The summed E-state index contributed by atoms with van der Waals surface area (Å²) < 4.78 is 31.7. The number of methoxy groups -OCH3 is 1. The summed E-state index contributed by atoms with van der Waals surface area (Å²) >= 11 is 0. The van der Waals surface area contributed by atoms with E-state index in [2.05, 4.69) is 4.74 Å². The van der Waals surface area contributed by atoms with E-state index in [1.54, 1.807) is 4.90 Å². The Morgan fingerprint density at radius 3 is 2.35 bits per heavy atom. The van der Waals surface area contributed by atoms with Crippen LogP contribution in [0.3, 0.4) is 0 Å². The van der Waals surface area contributed by atoms with Crippen LogP contribution in [-0.4, -0.2) is 42.2 Å². The zero-order valence-electron chi connectivity index (χ0n) is 11.8. The molecular formula is C14H19F2NO3. The van der Waals surface area contributed by atoms with Gasteiger partial charge in [-0.3, -0.25) is 9.69 Å². The molecule has 4 nitrogen and oxygen atoms in total. The molecule has 112 valence electrons. The molecule has 1 atom stereocenters. The molecule has 0 saturated carbocycles. The highest BCUT2D eigenvalue weighted by Gasteiger charge is 2.23. The lowest BCUT2D eigenvalue weighted by molar-refractivity contribution is -0.142. The van der Waals surface area contributed by atoms with Crippen LogP contribution in [0.25, 0.3) is 0 Å². The second-order valence-electron chi connectivity index (χ2n) is 4.75. The lowest BCUT2D eigenvalue weighted by Crippen LogP contribution is -2.39. The minimum absolute atomic E-state index is 0.0543.